The van der Waals surface area contributed by atoms with Crippen molar-refractivity contribution in [3.8, 4) is 0 Å². The van der Waals surface area contributed by atoms with Crippen molar-refractivity contribution in [2.45, 2.75) is 12.5 Å². The van der Waals surface area contributed by atoms with E-state index in [9.17, 15) is 0 Å². The number of H-pyrrole nitrogens is 1. The molecular weight excluding hydrogens is 130 g/mol. The summed E-state index contributed by atoms with van der Waals surface area (Å²) in [6.07, 6.45) is 3.95. The summed E-state index contributed by atoms with van der Waals surface area (Å²) in [5.41, 5.74) is 6.43. The summed E-state index contributed by atoms with van der Waals surface area (Å²) >= 11 is 0. The molecule has 0 saturated carbocycles. The molecule has 0 spiro atoms. The number of aromatic nitrogens is 2. The third kappa shape index (κ3) is 1.82. The van der Waals surface area contributed by atoms with Crippen LogP contribution in [0.4, 0.5) is 0 Å². The van der Waals surface area contributed by atoms with Gasteiger partial charge in [0.2, 0.25) is 0 Å². The van der Waals surface area contributed by atoms with Crippen molar-refractivity contribution < 1.29 is 5.11 Å². The molecule has 1 atom stereocenters. The van der Waals surface area contributed by atoms with E-state index >= 15 is 0 Å². The Labute approximate surface area is 59.1 Å². The predicted octanol–water partition coefficient (Wildman–Crippen LogP) is -0.728. The fourth-order valence-corrected chi connectivity index (χ4v) is 0.743. The maximum atomic E-state index is 8.57. The lowest BCUT2D eigenvalue weighted by molar-refractivity contribution is 0.264. The molecule has 0 aliphatic rings. The van der Waals surface area contributed by atoms with Gasteiger partial charge >= 0.3 is 0 Å². The highest BCUT2D eigenvalue weighted by Crippen LogP contribution is 1.94. The second kappa shape index (κ2) is 3.34. The van der Waals surface area contributed by atoms with Crippen LogP contribution in [0.2, 0.25) is 0 Å². The maximum Gasteiger partial charge on any atom is 0.0921 e. The number of nitrogens with one attached hydrogen (secondary N) is 1. The second-order valence-electron chi connectivity index (χ2n) is 2.22. The number of imidazole rings is 1. The first-order valence-corrected chi connectivity index (χ1v) is 3.16. The number of aliphatic hydroxyl groups is 1. The summed E-state index contributed by atoms with van der Waals surface area (Å²) in [5.74, 6) is 0. The molecule has 0 aliphatic carbocycles. The third-order valence-corrected chi connectivity index (χ3v) is 1.27. The van der Waals surface area contributed by atoms with Gasteiger partial charge in [-0.2, -0.15) is 0 Å². The number of hydrogen-bond acceptors (Lipinski definition) is 3. The molecule has 56 valence electrons. The zero-order valence-corrected chi connectivity index (χ0v) is 5.62. The number of hydrogen-bond donors (Lipinski definition) is 3. The van der Waals surface area contributed by atoms with Gasteiger partial charge in [0.05, 0.1) is 12.9 Å². The standard InChI is InChI=1S/C6H11N3O/c7-5(3-10)1-6-2-8-4-9-6/h2,4-5,10H,1,3,7H2,(H,8,9)/t5-/m1/s1. The summed E-state index contributed by atoms with van der Waals surface area (Å²) in [6.45, 7) is 0.0129. The smallest absolute Gasteiger partial charge is 0.0921 e. The zero-order chi connectivity index (χ0) is 7.40. The SMILES string of the molecule is N[C@@H](CO)Cc1cnc[nH]1. The topological polar surface area (TPSA) is 74.9 Å². The molecule has 0 bridgehead atoms. The van der Waals surface area contributed by atoms with E-state index in [1.54, 1.807) is 12.5 Å². The fourth-order valence-electron chi connectivity index (χ4n) is 0.743. The van der Waals surface area contributed by atoms with Crippen LogP contribution >= 0.6 is 0 Å². The molecule has 1 heterocycles. The minimum absolute atomic E-state index is 0.0129. The Balaban J connectivity index is 2.40. The molecule has 0 saturated heterocycles. The Morgan fingerprint density at radius 1 is 1.80 bits per heavy atom. The lowest BCUT2D eigenvalue weighted by Crippen LogP contribution is -2.26. The van der Waals surface area contributed by atoms with Crippen molar-refractivity contribution in [1.29, 1.82) is 0 Å². The van der Waals surface area contributed by atoms with Crippen LogP contribution in [0.3, 0.4) is 0 Å². The minimum Gasteiger partial charge on any atom is -0.395 e. The Morgan fingerprint density at radius 3 is 3.10 bits per heavy atom. The predicted molar refractivity (Wildman–Crippen MR) is 37.4 cm³/mol. The Bertz CT molecular complexity index is 173. The van der Waals surface area contributed by atoms with Crippen molar-refractivity contribution in [3.63, 3.8) is 0 Å². The van der Waals surface area contributed by atoms with Gasteiger partial charge in [-0.25, -0.2) is 4.98 Å². The van der Waals surface area contributed by atoms with Gasteiger partial charge < -0.3 is 15.8 Å². The number of nitrogens with zero attached hydrogens (tertiary/aromatic N) is 1. The van der Waals surface area contributed by atoms with E-state index in [-0.39, 0.29) is 12.6 Å². The highest BCUT2D eigenvalue weighted by molar-refractivity contribution is 4.96. The van der Waals surface area contributed by atoms with E-state index in [0.717, 1.165) is 5.69 Å². The van der Waals surface area contributed by atoms with Gasteiger partial charge in [0.25, 0.3) is 0 Å². The van der Waals surface area contributed by atoms with Crippen molar-refractivity contribution >= 4 is 0 Å². The first-order valence-electron chi connectivity index (χ1n) is 3.16. The largest absolute Gasteiger partial charge is 0.395 e. The molecule has 1 aromatic rings. The summed E-state index contributed by atoms with van der Waals surface area (Å²) < 4.78 is 0. The van der Waals surface area contributed by atoms with E-state index in [0.29, 0.717) is 6.42 Å². The molecule has 0 aromatic carbocycles. The van der Waals surface area contributed by atoms with Crippen molar-refractivity contribution in [2.24, 2.45) is 5.73 Å². The summed E-state index contributed by atoms with van der Waals surface area (Å²) in [4.78, 5) is 6.72. The van der Waals surface area contributed by atoms with Gasteiger partial charge in [0, 0.05) is 24.4 Å². The van der Waals surface area contributed by atoms with E-state index in [1.807, 2.05) is 0 Å². The normalized spacial score (nSPS) is 13.4. The molecule has 1 aromatic heterocycles. The second-order valence-corrected chi connectivity index (χ2v) is 2.22. The molecule has 0 aliphatic heterocycles. The summed E-state index contributed by atoms with van der Waals surface area (Å²) in [6, 6.07) is -0.180. The molecule has 4 N–H and O–H groups in total. The van der Waals surface area contributed by atoms with Gasteiger partial charge in [-0.1, -0.05) is 0 Å². The molecule has 0 fully saturated rings. The monoisotopic (exact) mass is 141 g/mol. The number of aliphatic hydroxyl groups excluding tert-OH is 1. The Morgan fingerprint density at radius 2 is 2.60 bits per heavy atom. The van der Waals surface area contributed by atoms with Crippen LogP contribution in [0.1, 0.15) is 5.69 Å². The maximum absolute atomic E-state index is 8.57. The highest BCUT2D eigenvalue weighted by Gasteiger charge is 2.01. The van der Waals surface area contributed by atoms with Crippen molar-refractivity contribution in [2.75, 3.05) is 6.61 Å². The van der Waals surface area contributed by atoms with E-state index in [2.05, 4.69) is 9.97 Å². The molecular formula is C6H11N3O. The van der Waals surface area contributed by atoms with Gasteiger partial charge in [0.1, 0.15) is 0 Å². The first-order chi connectivity index (χ1) is 4.83. The van der Waals surface area contributed by atoms with E-state index in [1.165, 1.54) is 0 Å². The van der Waals surface area contributed by atoms with Crippen LogP contribution in [0, 0.1) is 0 Å². The van der Waals surface area contributed by atoms with Gasteiger partial charge in [-0.05, 0) is 0 Å². The number of nitrogens with two attached hydrogens (primary N) is 1. The van der Waals surface area contributed by atoms with Crippen LogP contribution in [-0.4, -0.2) is 27.7 Å². The fraction of sp³-hybridized carbons (Fsp3) is 0.500. The summed E-state index contributed by atoms with van der Waals surface area (Å²) in [7, 11) is 0. The molecule has 0 unspecified atom stereocenters. The van der Waals surface area contributed by atoms with Crippen LogP contribution < -0.4 is 5.73 Å². The van der Waals surface area contributed by atoms with Crippen LogP contribution in [0.5, 0.6) is 0 Å². The van der Waals surface area contributed by atoms with E-state index < -0.39 is 0 Å². The molecule has 10 heavy (non-hydrogen) atoms. The molecule has 0 amide bonds. The number of aromatic amines is 1. The van der Waals surface area contributed by atoms with Crippen LogP contribution in [0.25, 0.3) is 0 Å². The third-order valence-electron chi connectivity index (χ3n) is 1.27. The Kier molecular flexibility index (Phi) is 2.42. The minimum atomic E-state index is -0.180. The Hall–Kier alpha value is -0.870. The molecule has 1 rings (SSSR count). The zero-order valence-electron chi connectivity index (χ0n) is 5.62. The molecule has 4 heteroatoms. The van der Waals surface area contributed by atoms with Gasteiger partial charge in [0.15, 0.2) is 0 Å². The summed E-state index contributed by atoms with van der Waals surface area (Å²) in [5, 5.41) is 8.57. The van der Waals surface area contributed by atoms with Crippen LogP contribution in [0.15, 0.2) is 12.5 Å². The van der Waals surface area contributed by atoms with Crippen LogP contribution in [-0.2, 0) is 6.42 Å². The van der Waals surface area contributed by atoms with Gasteiger partial charge in [-0.15, -0.1) is 0 Å². The van der Waals surface area contributed by atoms with Gasteiger partial charge in [-0.3, -0.25) is 0 Å². The molecule has 0 radical (unpaired) electrons. The lowest BCUT2D eigenvalue weighted by Gasteiger charge is -2.03. The molecule has 4 nitrogen and oxygen atoms in total. The van der Waals surface area contributed by atoms with E-state index in [4.69, 9.17) is 10.8 Å². The lowest BCUT2D eigenvalue weighted by atomic mass is 10.2. The average Bonchev–Trinajstić information content (AvgIpc) is 2.40. The van der Waals surface area contributed by atoms with Crippen molar-refractivity contribution in [3.05, 3.63) is 18.2 Å². The highest BCUT2D eigenvalue weighted by atomic mass is 16.3. The average molecular weight is 141 g/mol. The number of rotatable bonds is 3. The van der Waals surface area contributed by atoms with Crippen molar-refractivity contribution in [1.82, 2.24) is 9.97 Å². The first kappa shape index (κ1) is 7.24. The quantitative estimate of drug-likeness (QED) is 0.519.